The number of rotatable bonds is 6. The van der Waals surface area contributed by atoms with Crippen LogP contribution in [-0.4, -0.2) is 18.6 Å². The molecule has 0 saturated carbocycles. The molecule has 0 aliphatic heterocycles. The maximum Gasteiger partial charge on any atom is 0.193 e. The maximum atomic E-state index is 13.5. The van der Waals surface area contributed by atoms with E-state index in [2.05, 4.69) is 17.2 Å². The van der Waals surface area contributed by atoms with Crippen molar-refractivity contribution in [1.29, 1.82) is 0 Å². The Bertz CT molecular complexity index is 656. The van der Waals surface area contributed by atoms with Crippen LogP contribution in [0.2, 0.25) is 0 Å². The number of nitrogens with two attached hydrogens (primary N) is 1. The van der Waals surface area contributed by atoms with Crippen LogP contribution in [-0.2, 0) is 6.42 Å². The molecule has 0 amide bonds. The zero-order valence-corrected chi connectivity index (χ0v) is 13.4. The highest BCUT2D eigenvalue weighted by molar-refractivity contribution is 5.92. The summed E-state index contributed by atoms with van der Waals surface area (Å²) in [6.07, 6.45) is 0.712. The molecule has 4 nitrogen and oxygen atoms in total. The topological polar surface area (TPSA) is 59.6 Å². The number of aliphatic imine (C=N–C) groups is 1. The van der Waals surface area contributed by atoms with Crippen molar-refractivity contribution in [1.82, 2.24) is 0 Å². The van der Waals surface area contributed by atoms with E-state index < -0.39 is 0 Å². The minimum atomic E-state index is -0.384. The number of anilines is 1. The van der Waals surface area contributed by atoms with E-state index in [-0.39, 0.29) is 17.7 Å². The van der Waals surface area contributed by atoms with Gasteiger partial charge in [0.1, 0.15) is 6.10 Å². The largest absolute Gasteiger partial charge is 0.486 e. The first-order valence-corrected chi connectivity index (χ1v) is 7.65. The number of hydrogen-bond donors (Lipinski definition) is 2. The highest BCUT2D eigenvalue weighted by atomic mass is 19.1. The lowest BCUT2D eigenvalue weighted by molar-refractivity contribution is 0.220. The first-order valence-electron chi connectivity index (χ1n) is 7.65. The van der Waals surface area contributed by atoms with Gasteiger partial charge in [-0.25, -0.2) is 9.38 Å². The van der Waals surface area contributed by atoms with E-state index >= 15 is 0 Å². The van der Waals surface area contributed by atoms with E-state index in [1.807, 2.05) is 31.2 Å². The number of hydrogen-bond acceptors (Lipinski definition) is 2. The Morgan fingerprint density at radius 2 is 1.91 bits per heavy atom. The third-order valence-corrected chi connectivity index (χ3v) is 3.32. The standard InChI is InChI=1S/C18H22FN3O/c1-3-14-8-10-15(11-9-14)22-18(20)21-12-13(2)23-17-7-5-4-6-16(17)19/h4-11,13H,3,12H2,1-2H3,(H3,20,21,22). The third-order valence-electron chi connectivity index (χ3n) is 3.32. The van der Waals surface area contributed by atoms with Crippen LogP contribution in [0.3, 0.4) is 0 Å². The van der Waals surface area contributed by atoms with Crippen LogP contribution in [0, 0.1) is 5.82 Å². The van der Waals surface area contributed by atoms with Crippen molar-refractivity contribution in [2.45, 2.75) is 26.4 Å². The number of benzene rings is 2. The average molecular weight is 315 g/mol. The van der Waals surface area contributed by atoms with Crippen LogP contribution in [0.25, 0.3) is 0 Å². The summed E-state index contributed by atoms with van der Waals surface area (Å²) in [6.45, 7) is 4.26. The van der Waals surface area contributed by atoms with Gasteiger partial charge in [-0.2, -0.15) is 0 Å². The molecular formula is C18H22FN3O. The van der Waals surface area contributed by atoms with Crippen molar-refractivity contribution in [2.75, 3.05) is 11.9 Å². The molecule has 0 radical (unpaired) electrons. The van der Waals surface area contributed by atoms with Gasteiger partial charge in [-0.05, 0) is 43.2 Å². The normalized spacial score (nSPS) is 12.7. The van der Waals surface area contributed by atoms with Gasteiger partial charge in [0, 0.05) is 5.69 Å². The Hall–Kier alpha value is -2.56. The van der Waals surface area contributed by atoms with Gasteiger partial charge in [0.05, 0.1) is 6.54 Å². The maximum absolute atomic E-state index is 13.5. The van der Waals surface area contributed by atoms with Crippen LogP contribution in [0.15, 0.2) is 53.5 Å². The van der Waals surface area contributed by atoms with E-state index in [0.29, 0.717) is 12.5 Å². The molecule has 1 atom stereocenters. The molecule has 2 rings (SSSR count). The van der Waals surface area contributed by atoms with Crippen molar-refractivity contribution in [2.24, 2.45) is 10.7 Å². The Labute approximate surface area is 136 Å². The first-order chi connectivity index (χ1) is 11.1. The Balaban J connectivity index is 1.87. The zero-order valence-electron chi connectivity index (χ0n) is 13.4. The van der Waals surface area contributed by atoms with Gasteiger partial charge >= 0.3 is 0 Å². The quantitative estimate of drug-likeness (QED) is 0.633. The van der Waals surface area contributed by atoms with Gasteiger partial charge in [0.25, 0.3) is 0 Å². The van der Waals surface area contributed by atoms with E-state index in [0.717, 1.165) is 12.1 Å². The van der Waals surface area contributed by atoms with Crippen LogP contribution < -0.4 is 15.8 Å². The number of halogens is 1. The molecule has 0 fully saturated rings. The van der Waals surface area contributed by atoms with Gasteiger partial charge in [0.2, 0.25) is 0 Å². The summed E-state index contributed by atoms with van der Waals surface area (Å²) < 4.78 is 19.0. The lowest BCUT2D eigenvalue weighted by Gasteiger charge is -2.13. The molecule has 0 aliphatic rings. The molecule has 122 valence electrons. The summed E-state index contributed by atoms with van der Waals surface area (Å²) >= 11 is 0. The molecule has 0 saturated heterocycles. The lowest BCUT2D eigenvalue weighted by atomic mass is 10.1. The van der Waals surface area contributed by atoms with Crippen molar-refractivity contribution in [3.8, 4) is 5.75 Å². The van der Waals surface area contributed by atoms with Gasteiger partial charge in [-0.15, -0.1) is 0 Å². The molecule has 0 aliphatic carbocycles. The number of nitrogens with one attached hydrogen (secondary N) is 1. The Morgan fingerprint density at radius 1 is 1.22 bits per heavy atom. The van der Waals surface area contributed by atoms with Crippen LogP contribution in [0.4, 0.5) is 10.1 Å². The molecule has 0 heterocycles. The summed E-state index contributed by atoms with van der Waals surface area (Å²) in [7, 11) is 0. The second-order valence-electron chi connectivity index (χ2n) is 5.26. The molecule has 1 unspecified atom stereocenters. The summed E-state index contributed by atoms with van der Waals surface area (Å²) in [5, 5.41) is 3.02. The Kier molecular flexibility index (Phi) is 5.97. The fourth-order valence-electron chi connectivity index (χ4n) is 2.03. The van der Waals surface area contributed by atoms with Crippen molar-refractivity contribution < 1.29 is 9.13 Å². The summed E-state index contributed by atoms with van der Waals surface area (Å²) in [5.41, 5.74) is 8.00. The average Bonchev–Trinajstić information content (AvgIpc) is 2.56. The van der Waals surface area contributed by atoms with Crippen molar-refractivity contribution >= 4 is 11.6 Å². The van der Waals surface area contributed by atoms with Gasteiger partial charge < -0.3 is 15.8 Å². The van der Waals surface area contributed by atoms with Gasteiger partial charge in [-0.1, -0.05) is 31.2 Å². The monoisotopic (exact) mass is 315 g/mol. The lowest BCUT2D eigenvalue weighted by Crippen LogP contribution is -2.25. The number of guanidine groups is 1. The predicted octanol–water partition coefficient (Wildman–Crippen LogP) is 3.58. The van der Waals surface area contributed by atoms with Gasteiger partial charge in [-0.3, -0.25) is 0 Å². The second kappa shape index (κ2) is 8.17. The SMILES string of the molecule is CCc1ccc(NC(N)=NCC(C)Oc2ccccc2F)cc1. The van der Waals surface area contributed by atoms with Crippen LogP contribution in [0.5, 0.6) is 5.75 Å². The highest BCUT2D eigenvalue weighted by Crippen LogP contribution is 2.17. The minimum absolute atomic E-state index is 0.219. The molecule has 3 N–H and O–H groups in total. The fourth-order valence-corrected chi connectivity index (χ4v) is 2.03. The third kappa shape index (κ3) is 5.29. The van der Waals surface area contributed by atoms with Crippen molar-refractivity contribution in [3.63, 3.8) is 0 Å². The molecule has 2 aromatic rings. The molecule has 5 heteroatoms. The van der Waals surface area contributed by atoms with E-state index in [9.17, 15) is 4.39 Å². The van der Waals surface area contributed by atoms with E-state index in [1.54, 1.807) is 18.2 Å². The minimum Gasteiger partial charge on any atom is -0.486 e. The molecule has 0 bridgehead atoms. The smallest absolute Gasteiger partial charge is 0.193 e. The number of nitrogens with zero attached hydrogens (tertiary/aromatic N) is 1. The Morgan fingerprint density at radius 3 is 2.57 bits per heavy atom. The predicted molar refractivity (Wildman–Crippen MR) is 92.4 cm³/mol. The summed E-state index contributed by atoms with van der Waals surface area (Å²) in [4.78, 5) is 4.22. The van der Waals surface area contributed by atoms with Crippen LogP contribution >= 0.6 is 0 Å². The summed E-state index contributed by atoms with van der Waals surface area (Å²) in [6, 6.07) is 14.3. The van der Waals surface area contributed by atoms with E-state index in [4.69, 9.17) is 10.5 Å². The molecular weight excluding hydrogens is 293 g/mol. The second-order valence-corrected chi connectivity index (χ2v) is 5.26. The molecule has 0 spiro atoms. The molecule has 0 aromatic heterocycles. The number of para-hydroxylation sites is 1. The molecule has 23 heavy (non-hydrogen) atoms. The number of aryl methyl sites for hydroxylation is 1. The number of ether oxygens (including phenoxy) is 1. The zero-order chi connectivity index (χ0) is 16.7. The molecule has 2 aromatic carbocycles. The first kappa shape index (κ1) is 16.8. The van der Waals surface area contributed by atoms with Crippen molar-refractivity contribution in [3.05, 3.63) is 59.9 Å². The van der Waals surface area contributed by atoms with Crippen LogP contribution in [0.1, 0.15) is 19.4 Å². The fraction of sp³-hybridized carbons (Fsp3) is 0.278. The van der Waals surface area contributed by atoms with Gasteiger partial charge in [0.15, 0.2) is 17.5 Å². The summed E-state index contributed by atoms with van der Waals surface area (Å²) in [5.74, 6) is 0.139. The van der Waals surface area contributed by atoms with E-state index in [1.165, 1.54) is 11.6 Å². The highest BCUT2D eigenvalue weighted by Gasteiger charge is 2.07.